The second kappa shape index (κ2) is 26.1. The summed E-state index contributed by atoms with van der Waals surface area (Å²) in [6, 6.07) is 81.3. The van der Waals surface area contributed by atoms with Crippen molar-refractivity contribution in [1.29, 1.82) is 0 Å². The molecule has 0 atom stereocenters. The van der Waals surface area contributed by atoms with Crippen molar-refractivity contribution in [2.24, 2.45) is 28.2 Å². The second-order valence-corrected chi connectivity index (χ2v) is 28.3. The van der Waals surface area contributed by atoms with Gasteiger partial charge in [-0.2, -0.15) is 13.7 Å². The molecule has 0 saturated heterocycles. The van der Waals surface area contributed by atoms with E-state index in [4.69, 9.17) is 25.9 Å². The van der Waals surface area contributed by atoms with Gasteiger partial charge < -0.3 is 17.7 Å². The number of benzene rings is 12. The summed E-state index contributed by atoms with van der Waals surface area (Å²) in [4.78, 5) is 0. The van der Waals surface area contributed by atoms with Gasteiger partial charge in [0.15, 0.2) is 41.5 Å². The third kappa shape index (κ3) is 11.4. The molecule has 0 spiro atoms. The highest BCUT2D eigenvalue weighted by Crippen LogP contribution is 2.44. The monoisotopic (exact) mass is 1370 g/mol. The summed E-state index contributed by atoms with van der Waals surface area (Å²) in [5.74, 6) is 0. The van der Waals surface area contributed by atoms with Crippen LogP contribution in [-0.2, 0) is 28.2 Å². The summed E-state index contributed by atoms with van der Waals surface area (Å²) in [7, 11) is 8.15. The molecular formula is C97H82N4O4+4. The normalized spacial score (nSPS) is 12.8. The molecule has 0 amide bonds. The van der Waals surface area contributed by atoms with Crippen LogP contribution in [0.5, 0.6) is 0 Å². The van der Waals surface area contributed by atoms with Crippen LogP contribution >= 0.6 is 0 Å². The van der Waals surface area contributed by atoms with Gasteiger partial charge in [-0.05, 0) is 189 Å². The standard InChI is InChI=1S/2C25H22NO.C24H20NO.C23H18NO/c2*1-15-9-10-20(16(2)11-15)24-23-21-12-18-7-5-6-8-19(18)13-22(21)27-25(23)17(3)14-26(24)4;1-15-8-4-7-11-19(15)23-22-20-12-17-9-5-6-10-18(17)13-21(20)26-24(22)16(2)14-25(23)3;1-15-7-3-5-9-17(15)22-21-19-12-11-16-8-4-6-10-18(16)23(19)25-20(21)13-14-24(22)2/h2*5-14H,1-4H3;4-14H,1-3H3;3-14H,1-2H3/q4*+1/i1D3,3D3;;;. The Morgan fingerprint density at radius 3 is 1.07 bits per heavy atom. The predicted octanol–water partition coefficient (Wildman–Crippen LogP) is 23.7. The summed E-state index contributed by atoms with van der Waals surface area (Å²) in [6.45, 7) is 10.2. The summed E-state index contributed by atoms with van der Waals surface area (Å²) in [5.41, 5.74) is 24.3. The number of furan rings is 4. The van der Waals surface area contributed by atoms with E-state index in [0.29, 0.717) is 16.6 Å². The smallest absolute Gasteiger partial charge is 0.224 e. The fourth-order valence-corrected chi connectivity index (χ4v) is 16.1. The van der Waals surface area contributed by atoms with E-state index in [2.05, 4.69) is 277 Å². The molecule has 8 aromatic heterocycles. The van der Waals surface area contributed by atoms with Crippen molar-refractivity contribution >= 4 is 131 Å². The van der Waals surface area contributed by atoms with E-state index in [1.54, 1.807) is 36.0 Å². The maximum absolute atomic E-state index is 8.08. The van der Waals surface area contributed by atoms with Gasteiger partial charge in [0, 0.05) is 63.5 Å². The van der Waals surface area contributed by atoms with Gasteiger partial charge in [0.2, 0.25) is 22.8 Å². The molecule has 0 N–H and O–H groups in total. The van der Waals surface area contributed by atoms with Crippen molar-refractivity contribution in [2.75, 3.05) is 0 Å². The quantitative estimate of drug-likeness (QED) is 0.165. The second-order valence-electron chi connectivity index (χ2n) is 28.3. The Balaban J connectivity index is 0.000000108. The highest BCUT2D eigenvalue weighted by atomic mass is 16.3. The van der Waals surface area contributed by atoms with Crippen LogP contribution in [0.25, 0.3) is 176 Å². The average molecular weight is 1370 g/mol. The number of hydrogen-bond donors (Lipinski definition) is 0. The van der Waals surface area contributed by atoms with Gasteiger partial charge in [0.05, 0.1) is 16.7 Å². The number of nitrogens with zero attached hydrogens (tertiary/aromatic N) is 4. The van der Waals surface area contributed by atoms with Gasteiger partial charge in [-0.1, -0.05) is 175 Å². The molecule has 105 heavy (non-hydrogen) atoms. The molecule has 0 aliphatic carbocycles. The maximum Gasteiger partial charge on any atom is 0.224 e. The van der Waals surface area contributed by atoms with E-state index in [1.165, 1.54) is 115 Å². The lowest BCUT2D eigenvalue weighted by Gasteiger charge is -2.08. The molecule has 0 radical (unpaired) electrons. The first-order valence-electron chi connectivity index (χ1n) is 38.7. The van der Waals surface area contributed by atoms with Crippen LogP contribution < -0.4 is 18.3 Å². The lowest BCUT2D eigenvalue weighted by Crippen LogP contribution is -2.31. The van der Waals surface area contributed by atoms with Crippen molar-refractivity contribution in [3.05, 3.63) is 311 Å². The van der Waals surface area contributed by atoms with Gasteiger partial charge in [-0.15, -0.1) is 0 Å². The van der Waals surface area contributed by atoms with Crippen molar-refractivity contribution < 1.29 is 44.2 Å². The fraction of sp³-hybridized carbons (Fsp3) is 0.134. The maximum atomic E-state index is 8.08. The zero-order valence-corrected chi connectivity index (χ0v) is 60.7. The van der Waals surface area contributed by atoms with Crippen molar-refractivity contribution in [3.63, 3.8) is 0 Å². The Hall–Kier alpha value is -12.5. The molecule has 20 aromatic rings. The van der Waals surface area contributed by atoms with E-state index in [1.807, 2.05) is 43.3 Å². The number of aryl methyl sites for hydroxylation is 13. The summed E-state index contributed by atoms with van der Waals surface area (Å²) in [5, 5.41) is 17.9. The van der Waals surface area contributed by atoms with Crippen LogP contribution in [0, 0.1) is 62.2 Å². The van der Waals surface area contributed by atoms with Crippen LogP contribution in [-0.4, -0.2) is 0 Å². The molecule has 0 unspecified atom stereocenters. The van der Waals surface area contributed by atoms with Gasteiger partial charge in [-0.25, -0.2) is 4.57 Å². The first-order chi connectivity index (χ1) is 53.3. The molecule has 8 heteroatoms. The molecular weight excluding hydrogens is 1290 g/mol. The Labute approximate surface area is 618 Å². The zero-order chi connectivity index (χ0) is 77.2. The summed E-state index contributed by atoms with van der Waals surface area (Å²) < 4.78 is 81.1. The minimum atomic E-state index is -2.36. The molecule has 510 valence electrons. The van der Waals surface area contributed by atoms with Crippen LogP contribution in [0.1, 0.15) is 58.3 Å². The van der Waals surface area contributed by atoms with Gasteiger partial charge in [0.25, 0.3) is 0 Å². The largest absolute Gasteiger partial charge is 0.455 e. The molecule has 0 aliphatic rings. The highest BCUT2D eigenvalue weighted by molar-refractivity contribution is 6.20. The summed E-state index contributed by atoms with van der Waals surface area (Å²) in [6.07, 6.45) is 7.99. The number of rotatable bonds is 4. The van der Waals surface area contributed by atoms with Crippen LogP contribution in [0.3, 0.4) is 0 Å². The molecule has 0 bridgehead atoms. The van der Waals surface area contributed by atoms with E-state index >= 15 is 0 Å². The number of hydrogen-bond acceptors (Lipinski definition) is 4. The fourth-order valence-electron chi connectivity index (χ4n) is 16.1. The Morgan fingerprint density at radius 1 is 0.248 bits per heavy atom. The van der Waals surface area contributed by atoms with Crippen molar-refractivity contribution in [2.45, 2.75) is 62.2 Å². The van der Waals surface area contributed by atoms with E-state index in [-0.39, 0.29) is 11.1 Å². The van der Waals surface area contributed by atoms with Gasteiger partial charge in [-0.3, -0.25) is 0 Å². The highest BCUT2D eigenvalue weighted by Gasteiger charge is 2.29. The van der Waals surface area contributed by atoms with Crippen LogP contribution in [0.2, 0.25) is 0 Å². The topological polar surface area (TPSA) is 68.1 Å². The molecule has 0 aliphatic heterocycles. The van der Waals surface area contributed by atoms with Crippen LogP contribution in [0.15, 0.2) is 279 Å². The zero-order valence-electron chi connectivity index (χ0n) is 66.7. The molecule has 8 heterocycles. The molecule has 0 saturated carbocycles. The predicted molar refractivity (Wildman–Crippen MR) is 434 cm³/mol. The SMILES string of the molecule is Cc1ccc(-c2c3c(oc4cc5ccccc5cc43)c(C)c[n+]2C)c(C)c1.Cc1ccccc1-c1c2c(cc[n+]1C)oc1c3ccccc3ccc12.Cc1ccccc1-c1c2c(oc3cc4ccccc4cc32)c(C)c[n+]1C.[2H]C([2H])([2H])c1ccc(-c2c3c(oc4cc5ccccc5cc43)c(C([2H])([2H])[2H])c[n+]2C)c(C)c1. The van der Waals surface area contributed by atoms with Gasteiger partial charge >= 0.3 is 0 Å². The molecule has 0 fully saturated rings. The molecule has 20 rings (SSSR count). The Morgan fingerprint density at radius 2 is 0.619 bits per heavy atom. The molecule has 12 aromatic carbocycles. The van der Waals surface area contributed by atoms with Crippen LogP contribution in [0.4, 0.5) is 0 Å². The lowest BCUT2D eigenvalue weighted by molar-refractivity contribution is -0.659. The van der Waals surface area contributed by atoms with Gasteiger partial charge in [0.1, 0.15) is 77.7 Å². The number of pyridine rings is 4. The first-order valence-corrected chi connectivity index (χ1v) is 35.7. The number of fused-ring (bicyclic) bond motifs is 17. The minimum absolute atomic E-state index is 0.140. The third-order valence-corrected chi connectivity index (χ3v) is 21.1. The number of aromatic nitrogens is 4. The van der Waals surface area contributed by atoms with Crippen molar-refractivity contribution in [1.82, 2.24) is 0 Å². The summed E-state index contributed by atoms with van der Waals surface area (Å²) >= 11 is 0. The Kier molecular flexibility index (Phi) is 14.7. The van der Waals surface area contributed by atoms with Crippen molar-refractivity contribution in [3.8, 4) is 45.0 Å². The van der Waals surface area contributed by atoms with E-state index in [0.717, 1.165) is 83.0 Å². The Bertz CT molecular complexity index is 7220. The first kappa shape index (κ1) is 59.1. The van der Waals surface area contributed by atoms with E-state index in [9.17, 15) is 0 Å². The van der Waals surface area contributed by atoms with E-state index < -0.39 is 13.7 Å². The third-order valence-electron chi connectivity index (χ3n) is 21.1. The lowest BCUT2D eigenvalue weighted by atomic mass is 9.97. The molecule has 8 nitrogen and oxygen atoms in total. The minimum Gasteiger partial charge on any atom is -0.455 e. The average Bonchev–Trinajstić information content (AvgIpc) is 1.61.